The van der Waals surface area contributed by atoms with Gasteiger partial charge in [0.05, 0.1) is 6.10 Å². The molecule has 2 saturated heterocycles. The number of aromatic nitrogens is 2. The summed E-state index contributed by atoms with van der Waals surface area (Å²) in [7, 11) is 2.16. The van der Waals surface area contributed by atoms with Gasteiger partial charge in [0.15, 0.2) is 0 Å². The first-order valence-corrected chi connectivity index (χ1v) is 7.85. The zero-order valence-electron chi connectivity index (χ0n) is 13.0. The molecular formula is C15H25N5O. The van der Waals surface area contributed by atoms with Crippen molar-refractivity contribution in [3.8, 4) is 0 Å². The van der Waals surface area contributed by atoms with Gasteiger partial charge in [-0.05, 0) is 26.8 Å². The molecule has 1 N–H and O–H groups in total. The first-order chi connectivity index (χ1) is 10.2. The van der Waals surface area contributed by atoms with Crippen LogP contribution in [0.5, 0.6) is 0 Å². The summed E-state index contributed by atoms with van der Waals surface area (Å²) < 4.78 is 5.63. The number of likely N-dealkylation sites (N-methyl/N-ethyl adjacent to an activating group) is 1. The third-order valence-corrected chi connectivity index (χ3v) is 4.18. The number of hydrogen-bond acceptors (Lipinski definition) is 6. The van der Waals surface area contributed by atoms with Crippen LogP contribution >= 0.6 is 0 Å². The number of piperazine rings is 1. The smallest absolute Gasteiger partial charge is 0.224 e. The van der Waals surface area contributed by atoms with E-state index < -0.39 is 0 Å². The molecule has 6 heteroatoms. The van der Waals surface area contributed by atoms with Crippen molar-refractivity contribution in [3.05, 3.63) is 11.8 Å². The first-order valence-electron chi connectivity index (χ1n) is 7.85. The van der Waals surface area contributed by atoms with Gasteiger partial charge in [-0.1, -0.05) is 0 Å². The number of nitrogens with zero attached hydrogens (tertiary/aromatic N) is 4. The van der Waals surface area contributed by atoms with E-state index in [4.69, 9.17) is 4.74 Å². The zero-order valence-corrected chi connectivity index (χ0v) is 13.0. The maximum absolute atomic E-state index is 5.63. The van der Waals surface area contributed by atoms with Crippen molar-refractivity contribution in [2.24, 2.45) is 0 Å². The van der Waals surface area contributed by atoms with E-state index in [9.17, 15) is 0 Å². The number of ether oxygens (including phenoxy) is 1. The molecule has 2 aliphatic heterocycles. The molecule has 2 aliphatic rings. The topological polar surface area (TPSA) is 53.5 Å². The third-order valence-electron chi connectivity index (χ3n) is 4.18. The first kappa shape index (κ1) is 14.5. The highest BCUT2D eigenvalue weighted by atomic mass is 16.5. The summed E-state index contributed by atoms with van der Waals surface area (Å²) in [6, 6.07) is 2.07. The summed E-state index contributed by atoms with van der Waals surface area (Å²) in [5.74, 6) is 1.75. The van der Waals surface area contributed by atoms with Gasteiger partial charge in [0.2, 0.25) is 5.95 Å². The van der Waals surface area contributed by atoms with Crippen molar-refractivity contribution in [1.82, 2.24) is 14.9 Å². The highest BCUT2D eigenvalue weighted by molar-refractivity contribution is 5.45. The van der Waals surface area contributed by atoms with Crippen LogP contribution in [-0.4, -0.2) is 67.4 Å². The summed E-state index contributed by atoms with van der Waals surface area (Å²) in [5.41, 5.74) is 1.01. The van der Waals surface area contributed by atoms with Crippen molar-refractivity contribution in [2.45, 2.75) is 25.9 Å². The lowest BCUT2D eigenvalue weighted by Gasteiger charge is -2.33. The Morgan fingerprint density at radius 3 is 2.81 bits per heavy atom. The molecule has 0 aromatic carbocycles. The number of aryl methyl sites for hydroxylation is 1. The van der Waals surface area contributed by atoms with Gasteiger partial charge in [-0.2, -0.15) is 4.98 Å². The predicted octanol–water partition coefficient (Wildman–Crippen LogP) is 1.13. The van der Waals surface area contributed by atoms with Crippen molar-refractivity contribution in [1.29, 1.82) is 0 Å². The fourth-order valence-electron chi connectivity index (χ4n) is 2.84. The summed E-state index contributed by atoms with van der Waals surface area (Å²) in [4.78, 5) is 13.9. The standard InChI is InChI=1S/C15H25N5O/c1-12-10-14(20-7-5-19(2)6-8-20)18-15(17-12)16-11-13-4-3-9-21-13/h10,13H,3-9,11H2,1-2H3,(H,16,17,18). The molecule has 3 heterocycles. The van der Waals surface area contributed by atoms with Gasteiger partial charge in [0, 0.05) is 51.1 Å². The molecule has 0 bridgehead atoms. The van der Waals surface area contributed by atoms with Crippen molar-refractivity contribution >= 4 is 11.8 Å². The lowest BCUT2D eigenvalue weighted by atomic mass is 10.2. The summed E-state index contributed by atoms with van der Waals surface area (Å²) in [6.07, 6.45) is 2.60. The fraction of sp³-hybridized carbons (Fsp3) is 0.733. The maximum atomic E-state index is 5.63. The van der Waals surface area contributed by atoms with Crippen LogP contribution in [0.25, 0.3) is 0 Å². The van der Waals surface area contributed by atoms with Crippen LogP contribution in [0.4, 0.5) is 11.8 Å². The molecule has 3 rings (SSSR count). The quantitative estimate of drug-likeness (QED) is 0.897. The predicted molar refractivity (Wildman–Crippen MR) is 83.9 cm³/mol. The molecule has 1 aromatic heterocycles. The second-order valence-electron chi connectivity index (χ2n) is 6.00. The average molecular weight is 291 g/mol. The van der Waals surface area contributed by atoms with E-state index in [0.717, 1.165) is 69.6 Å². The van der Waals surface area contributed by atoms with E-state index >= 15 is 0 Å². The molecule has 0 aliphatic carbocycles. The van der Waals surface area contributed by atoms with E-state index in [0.29, 0.717) is 6.10 Å². The van der Waals surface area contributed by atoms with Crippen molar-refractivity contribution < 1.29 is 4.74 Å². The second-order valence-corrected chi connectivity index (χ2v) is 6.00. The van der Waals surface area contributed by atoms with E-state index in [1.807, 2.05) is 6.92 Å². The van der Waals surface area contributed by atoms with Gasteiger partial charge in [-0.3, -0.25) is 0 Å². The van der Waals surface area contributed by atoms with Gasteiger partial charge in [-0.15, -0.1) is 0 Å². The van der Waals surface area contributed by atoms with Gasteiger partial charge >= 0.3 is 0 Å². The summed E-state index contributed by atoms with van der Waals surface area (Å²) in [6.45, 7) is 7.93. The Labute approximate surface area is 126 Å². The van der Waals surface area contributed by atoms with Gasteiger partial charge in [-0.25, -0.2) is 4.98 Å². The van der Waals surface area contributed by atoms with Crippen LogP contribution in [0.2, 0.25) is 0 Å². The zero-order chi connectivity index (χ0) is 14.7. The molecule has 2 fully saturated rings. The Bertz CT molecular complexity index is 467. The van der Waals surface area contributed by atoms with Gasteiger partial charge in [0.25, 0.3) is 0 Å². The number of rotatable bonds is 4. The Morgan fingerprint density at radius 2 is 2.10 bits per heavy atom. The Hall–Kier alpha value is -1.40. The summed E-state index contributed by atoms with van der Waals surface area (Å²) >= 11 is 0. The molecule has 0 radical (unpaired) electrons. The molecule has 0 spiro atoms. The van der Waals surface area contributed by atoms with Crippen molar-refractivity contribution in [3.63, 3.8) is 0 Å². The third kappa shape index (κ3) is 3.83. The second kappa shape index (κ2) is 6.58. The molecule has 21 heavy (non-hydrogen) atoms. The molecule has 1 aromatic rings. The maximum Gasteiger partial charge on any atom is 0.224 e. The molecule has 6 nitrogen and oxygen atoms in total. The largest absolute Gasteiger partial charge is 0.376 e. The van der Waals surface area contributed by atoms with Crippen LogP contribution < -0.4 is 10.2 Å². The SMILES string of the molecule is Cc1cc(N2CCN(C)CC2)nc(NCC2CCCO2)n1. The number of hydrogen-bond donors (Lipinski definition) is 1. The van der Waals surface area contributed by atoms with E-state index in [-0.39, 0.29) is 0 Å². The normalized spacial score (nSPS) is 23.5. The Morgan fingerprint density at radius 1 is 1.29 bits per heavy atom. The van der Waals surface area contributed by atoms with Crippen LogP contribution in [0, 0.1) is 6.92 Å². The molecule has 0 saturated carbocycles. The van der Waals surface area contributed by atoms with E-state index in [1.54, 1.807) is 0 Å². The van der Waals surface area contributed by atoms with Crippen LogP contribution in [0.1, 0.15) is 18.5 Å². The number of nitrogens with one attached hydrogen (secondary N) is 1. The Kier molecular flexibility index (Phi) is 4.55. The molecular weight excluding hydrogens is 266 g/mol. The molecule has 116 valence electrons. The molecule has 1 atom stereocenters. The molecule has 1 unspecified atom stereocenters. The highest BCUT2D eigenvalue weighted by Gasteiger charge is 2.18. The minimum atomic E-state index is 0.307. The van der Waals surface area contributed by atoms with Gasteiger partial charge < -0.3 is 19.9 Å². The number of anilines is 2. The van der Waals surface area contributed by atoms with Gasteiger partial charge in [0.1, 0.15) is 5.82 Å². The van der Waals surface area contributed by atoms with Crippen LogP contribution in [0.3, 0.4) is 0 Å². The fourth-order valence-corrected chi connectivity index (χ4v) is 2.84. The lowest BCUT2D eigenvalue weighted by molar-refractivity contribution is 0.120. The molecule has 0 amide bonds. The Balaban J connectivity index is 1.64. The summed E-state index contributed by atoms with van der Waals surface area (Å²) in [5, 5.41) is 3.33. The van der Waals surface area contributed by atoms with Crippen molar-refractivity contribution in [2.75, 3.05) is 56.6 Å². The van der Waals surface area contributed by atoms with Crippen LogP contribution in [0.15, 0.2) is 6.07 Å². The van der Waals surface area contributed by atoms with E-state index in [1.165, 1.54) is 0 Å². The minimum absolute atomic E-state index is 0.307. The highest BCUT2D eigenvalue weighted by Crippen LogP contribution is 2.17. The van der Waals surface area contributed by atoms with Crippen LogP contribution in [-0.2, 0) is 4.74 Å². The lowest BCUT2D eigenvalue weighted by Crippen LogP contribution is -2.44. The monoisotopic (exact) mass is 291 g/mol. The van der Waals surface area contributed by atoms with E-state index in [2.05, 4.69) is 38.2 Å². The average Bonchev–Trinajstić information content (AvgIpc) is 2.99. The minimum Gasteiger partial charge on any atom is -0.376 e.